The Balaban J connectivity index is 1.56. The van der Waals surface area contributed by atoms with Crippen molar-refractivity contribution in [2.24, 2.45) is 0 Å². The number of rotatable bonds is 6. The molecule has 0 unspecified atom stereocenters. The molecule has 1 saturated heterocycles. The highest BCUT2D eigenvalue weighted by Crippen LogP contribution is 2.28. The molecule has 0 saturated carbocycles. The number of thiophene rings is 1. The van der Waals surface area contributed by atoms with Gasteiger partial charge in [0.2, 0.25) is 0 Å². The molecule has 1 aliphatic heterocycles. The number of likely N-dealkylation sites (tertiary alicyclic amines) is 1. The maximum absolute atomic E-state index is 12.9. The van der Waals surface area contributed by atoms with Gasteiger partial charge in [-0.15, -0.1) is 11.3 Å². The molecule has 1 aliphatic rings. The lowest BCUT2D eigenvalue weighted by molar-refractivity contribution is 0.0939. The third-order valence-corrected chi connectivity index (χ3v) is 6.17. The van der Waals surface area contributed by atoms with E-state index in [0.717, 1.165) is 30.2 Å². The van der Waals surface area contributed by atoms with Crippen LogP contribution in [0.1, 0.15) is 29.8 Å². The van der Waals surface area contributed by atoms with Crippen LogP contribution in [0.5, 0.6) is 0 Å². The summed E-state index contributed by atoms with van der Waals surface area (Å²) < 4.78 is 1.65. The van der Waals surface area contributed by atoms with Crippen LogP contribution in [0.2, 0.25) is 5.02 Å². The average molecular weight is 415 g/mol. The minimum absolute atomic E-state index is 0.132. The van der Waals surface area contributed by atoms with Gasteiger partial charge in [-0.3, -0.25) is 4.79 Å². The maximum atomic E-state index is 12.9. The third-order valence-electron chi connectivity index (χ3n) is 4.96. The van der Waals surface area contributed by atoms with Crippen LogP contribution < -0.4 is 5.32 Å². The zero-order chi connectivity index (χ0) is 19.3. The van der Waals surface area contributed by atoms with Crippen molar-refractivity contribution in [3.05, 3.63) is 58.6 Å². The number of nitrogens with zero attached hydrogens (tertiary/aromatic N) is 3. The summed E-state index contributed by atoms with van der Waals surface area (Å²) >= 11 is 7.98. The summed E-state index contributed by atoms with van der Waals surface area (Å²) in [6.07, 6.45) is 3.81. The molecular formula is C21H23ClN4OS. The molecule has 5 nitrogen and oxygen atoms in total. The number of nitrogens with one attached hydrogen (secondary N) is 1. The first-order valence-corrected chi connectivity index (χ1v) is 10.9. The van der Waals surface area contributed by atoms with Gasteiger partial charge in [0.15, 0.2) is 0 Å². The lowest BCUT2D eigenvalue weighted by Gasteiger charge is -2.26. The zero-order valence-corrected chi connectivity index (χ0v) is 17.2. The van der Waals surface area contributed by atoms with Crippen LogP contribution in [0.3, 0.4) is 0 Å². The fraction of sp³-hybridized carbons (Fsp3) is 0.333. The van der Waals surface area contributed by atoms with Crippen molar-refractivity contribution in [3.8, 4) is 16.3 Å². The normalized spacial score (nSPS) is 14.9. The first kappa shape index (κ1) is 19.2. The molecule has 4 rings (SSSR count). The molecule has 0 aliphatic carbocycles. The summed E-state index contributed by atoms with van der Waals surface area (Å²) in [6.45, 7) is 3.75. The van der Waals surface area contributed by atoms with Gasteiger partial charge in [-0.1, -0.05) is 36.2 Å². The molecule has 146 valence electrons. The van der Waals surface area contributed by atoms with Gasteiger partial charge in [0.1, 0.15) is 11.4 Å². The molecular weight excluding hydrogens is 392 g/mol. The van der Waals surface area contributed by atoms with Crippen molar-refractivity contribution in [2.45, 2.75) is 19.3 Å². The minimum Gasteiger partial charge on any atom is -0.349 e. The molecule has 3 aromatic rings. The Morgan fingerprint density at radius 1 is 1.14 bits per heavy atom. The summed E-state index contributed by atoms with van der Waals surface area (Å²) in [7, 11) is 0. The molecule has 3 heterocycles. The number of benzene rings is 1. The number of hydrogen-bond acceptors (Lipinski definition) is 4. The predicted octanol–water partition coefficient (Wildman–Crippen LogP) is 4.47. The van der Waals surface area contributed by atoms with Gasteiger partial charge in [0.05, 0.1) is 15.6 Å². The second-order valence-corrected chi connectivity index (χ2v) is 8.27. The lowest BCUT2D eigenvalue weighted by Crippen LogP contribution is -2.38. The zero-order valence-electron chi connectivity index (χ0n) is 15.6. The van der Waals surface area contributed by atoms with Gasteiger partial charge < -0.3 is 10.2 Å². The fourth-order valence-electron chi connectivity index (χ4n) is 3.50. The Hall–Kier alpha value is -2.15. The van der Waals surface area contributed by atoms with E-state index in [1.807, 2.05) is 41.8 Å². The molecule has 1 aromatic carbocycles. The summed E-state index contributed by atoms with van der Waals surface area (Å²) in [5.74, 6) is -0.132. The highest BCUT2D eigenvalue weighted by Gasteiger charge is 2.19. The van der Waals surface area contributed by atoms with E-state index in [9.17, 15) is 4.79 Å². The molecule has 1 amide bonds. The second-order valence-electron chi connectivity index (χ2n) is 6.91. The number of hydrogen-bond donors (Lipinski definition) is 1. The molecule has 0 radical (unpaired) electrons. The Morgan fingerprint density at radius 3 is 2.71 bits per heavy atom. The molecule has 0 spiro atoms. The SMILES string of the molecule is O=C(NCCN1CCCCC1)c1cc(-c2cccs2)nn1-c1ccccc1Cl. The predicted molar refractivity (Wildman–Crippen MR) is 115 cm³/mol. The molecule has 0 bridgehead atoms. The van der Waals surface area contributed by atoms with Gasteiger partial charge in [-0.25, -0.2) is 4.68 Å². The summed E-state index contributed by atoms with van der Waals surface area (Å²) in [4.78, 5) is 16.4. The second kappa shape index (κ2) is 8.90. The number of halogens is 1. The van der Waals surface area contributed by atoms with E-state index in [1.54, 1.807) is 22.1 Å². The highest BCUT2D eigenvalue weighted by molar-refractivity contribution is 7.13. The molecule has 28 heavy (non-hydrogen) atoms. The van der Waals surface area contributed by atoms with E-state index < -0.39 is 0 Å². The Bertz CT molecular complexity index is 932. The number of piperidine rings is 1. The van der Waals surface area contributed by atoms with Crippen LogP contribution in [0.4, 0.5) is 0 Å². The summed E-state index contributed by atoms with van der Waals surface area (Å²) in [6, 6.07) is 13.3. The summed E-state index contributed by atoms with van der Waals surface area (Å²) in [5, 5.41) is 10.3. The van der Waals surface area contributed by atoms with Gasteiger partial charge in [-0.05, 0) is 55.6 Å². The number of amides is 1. The number of para-hydroxylation sites is 1. The fourth-order valence-corrected chi connectivity index (χ4v) is 4.39. The van der Waals surface area contributed by atoms with Crippen LogP contribution in [0.15, 0.2) is 47.8 Å². The monoisotopic (exact) mass is 414 g/mol. The summed E-state index contributed by atoms with van der Waals surface area (Å²) in [5.41, 5.74) is 1.97. The molecule has 0 atom stereocenters. The van der Waals surface area contributed by atoms with Gasteiger partial charge in [0.25, 0.3) is 5.91 Å². The number of aromatic nitrogens is 2. The van der Waals surface area contributed by atoms with E-state index in [2.05, 4.69) is 15.3 Å². The van der Waals surface area contributed by atoms with Crippen molar-refractivity contribution in [1.29, 1.82) is 0 Å². The van der Waals surface area contributed by atoms with E-state index in [1.165, 1.54) is 19.3 Å². The Kier molecular flexibility index (Phi) is 6.10. The van der Waals surface area contributed by atoms with Crippen LogP contribution in [0.25, 0.3) is 16.3 Å². The van der Waals surface area contributed by atoms with Crippen LogP contribution in [-0.2, 0) is 0 Å². The number of carbonyl (C=O) groups excluding carboxylic acids is 1. The molecule has 2 aromatic heterocycles. The quantitative estimate of drug-likeness (QED) is 0.647. The van der Waals surface area contributed by atoms with Crippen molar-refractivity contribution in [3.63, 3.8) is 0 Å². The minimum atomic E-state index is -0.132. The maximum Gasteiger partial charge on any atom is 0.270 e. The Morgan fingerprint density at radius 2 is 1.96 bits per heavy atom. The van der Waals surface area contributed by atoms with Gasteiger partial charge in [0, 0.05) is 13.1 Å². The molecule has 1 N–H and O–H groups in total. The van der Waals surface area contributed by atoms with Crippen molar-refractivity contribution < 1.29 is 4.79 Å². The van der Waals surface area contributed by atoms with E-state index in [-0.39, 0.29) is 5.91 Å². The van der Waals surface area contributed by atoms with E-state index in [0.29, 0.717) is 22.9 Å². The Labute approximate surface area is 173 Å². The van der Waals surface area contributed by atoms with Crippen LogP contribution >= 0.6 is 22.9 Å². The van der Waals surface area contributed by atoms with Crippen LogP contribution in [0, 0.1) is 0 Å². The smallest absolute Gasteiger partial charge is 0.270 e. The first-order valence-electron chi connectivity index (χ1n) is 9.62. The van der Waals surface area contributed by atoms with Crippen molar-refractivity contribution in [2.75, 3.05) is 26.2 Å². The van der Waals surface area contributed by atoms with Crippen LogP contribution in [-0.4, -0.2) is 46.8 Å². The van der Waals surface area contributed by atoms with Gasteiger partial charge >= 0.3 is 0 Å². The molecule has 7 heteroatoms. The standard InChI is InChI=1S/C21H23ClN4OS/c22-16-7-2-3-8-18(16)26-19(15-17(24-26)20-9-6-14-28-20)21(27)23-10-13-25-11-4-1-5-12-25/h2-3,6-9,14-15H,1,4-5,10-13H2,(H,23,27). The van der Waals surface area contributed by atoms with E-state index >= 15 is 0 Å². The number of carbonyl (C=O) groups is 1. The average Bonchev–Trinajstić information content (AvgIpc) is 3.39. The van der Waals surface area contributed by atoms with Gasteiger partial charge in [-0.2, -0.15) is 5.10 Å². The van der Waals surface area contributed by atoms with Crippen molar-refractivity contribution >= 4 is 28.8 Å². The van der Waals surface area contributed by atoms with Crippen molar-refractivity contribution in [1.82, 2.24) is 20.0 Å². The van der Waals surface area contributed by atoms with E-state index in [4.69, 9.17) is 11.6 Å². The third kappa shape index (κ3) is 4.29. The highest BCUT2D eigenvalue weighted by atomic mass is 35.5. The first-order chi connectivity index (χ1) is 13.7. The topological polar surface area (TPSA) is 50.2 Å². The lowest BCUT2D eigenvalue weighted by atomic mass is 10.1. The molecule has 1 fully saturated rings. The largest absolute Gasteiger partial charge is 0.349 e.